The topological polar surface area (TPSA) is 35.5 Å². The molecule has 0 unspecified atom stereocenters. The lowest BCUT2D eigenvalue weighted by atomic mass is 10.2. The molecule has 0 radical (unpaired) electrons. The first kappa shape index (κ1) is 14.2. The number of aldehydes is 1. The second-order valence-electron chi connectivity index (χ2n) is 3.61. The maximum Gasteiger partial charge on any atom is 0.153 e. The summed E-state index contributed by atoms with van der Waals surface area (Å²) < 4.78 is 11.7. The summed E-state index contributed by atoms with van der Waals surface area (Å²) >= 11 is 3.31. The van der Waals surface area contributed by atoms with E-state index in [9.17, 15) is 4.79 Å². The molecule has 0 aliphatic rings. The fraction of sp³-hybridized carbons (Fsp3) is 0.462. The number of carbonyl (C=O) groups excluding carboxylic acids is 1. The molecule has 0 aromatic heterocycles. The van der Waals surface area contributed by atoms with Gasteiger partial charge in [-0.1, -0.05) is 29.3 Å². The van der Waals surface area contributed by atoms with Crippen molar-refractivity contribution in [1.82, 2.24) is 0 Å². The Morgan fingerprint density at radius 1 is 1.29 bits per heavy atom. The van der Waals surface area contributed by atoms with Crippen LogP contribution in [0.5, 0.6) is 5.75 Å². The van der Waals surface area contributed by atoms with Gasteiger partial charge in [-0.25, -0.2) is 0 Å². The number of unbranched alkanes of at least 4 members (excludes halogenated alkanes) is 1. The van der Waals surface area contributed by atoms with Crippen LogP contribution >= 0.6 is 15.9 Å². The van der Waals surface area contributed by atoms with E-state index < -0.39 is 0 Å². The van der Waals surface area contributed by atoms with Crippen molar-refractivity contribution in [3.63, 3.8) is 0 Å². The smallest absolute Gasteiger partial charge is 0.153 e. The Morgan fingerprint density at radius 2 is 2.12 bits per heavy atom. The van der Waals surface area contributed by atoms with Crippen LogP contribution in [-0.4, -0.2) is 26.1 Å². The lowest BCUT2D eigenvalue weighted by Crippen LogP contribution is -2.08. The van der Waals surface area contributed by atoms with Crippen LogP contribution in [0.15, 0.2) is 22.7 Å². The number of ether oxygens (including phenoxy) is 2. The Morgan fingerprint density at radius 3 is 2.82 bits per heavy atom. The highest BCUT2D eigenvalue weighted by Gasteiger charge is 2.03. The van der Waals surface area contributed by atoms with Crippen molar-refractivity contribution in [1.29, 1.82) is 0 Å². The van der Waals surface area contributed by atoms with Crippen LogP contribution < -0.4 is 4.74 Å². The van der Waals surface area contributed by atoms with Crippen molar-refractivity contribution >= 4 is 22.2 Å². The van der Waals surface area contributed by atoms with E-state index in [2.05, 4.69) is 22.9 Å². The summed E-state index contributed by atoms with van der Waals surface area (Å²) in [7, 11) is 0. The van der Waals surface area contributed by atoms with E-state index in [1.165, 1.54) is 0 Å². The number of benzene rings is 1. The normalized spacial score (nSPS) is 10.2. The van der Waals surface area contributed by atoms with Gasteiger partial charge in [0.15, 0.2) is 6.29 Å². The Hall–Kier alpha value is -0.870. The molecule has 1 rings (SSSR count). The van der Waals surface area contributed by atoms with Gasteiger partial charge in [0.25, 0.3) is 0 Å². The van der Waals surface area contributed by atoms with Gasteiger partial charge in [-0.05, 0) is 24.6 Å². The van der Waals surface area contributed by atoms with E-state index >= 15 is 0 Å². The molecule has 4 heteroatoms. The van der Waals surface area contributed by atoms with Gasteiger partial charge in [0, 0.05) is 11.1 Å². The number of hydrogen-bond acceptors (Lipinski definition) is 3. The second kappa shape index (κ2) is 8.25. The molecule has 0 heterocycles. The van der Waals surface area contributed by atoms with Crippen molar-refractivity contribution in [2.24, 2.45) is 0 Å². The molecule has 0 aliphatic carbocycles. The Bertz CT molecular complexity index is 353. The van der Waals surface area contributed by atoms with E-state index in [4.69, 9.17) is 9.47 Å². The predicted octanol–water partition coefficient (Wildman–Crippen LogP) is 3.46. The third kappa shape index (κ3) is 5.33. The predicted molar refractivity (Wildman–Crippen MR) is 70.8 cm³/mol. The van der Waals surface area contributed by atoms with Crippen LogP contribution in [0.2, 0.25) is 0 Å². The van der Waals surface area contributed by atoms with Crippen LogP contribution in [0.4, 0.5) is 0 Å². The van der Waals surface area contributed by atoms with Gasteiger partial charge < -0.3 is 9.47 Å². The average Bonchev–Trinajstić information content (AvgIpc) is 2.35. The Kier molecular flexibility index (Phi) is 6.89. The lowest BCUT2D eigenvalue weighted by Gasteiger charge is -2.09. The largest absolute Gasteiger partial charge is 0.490 e. The van der Waals surface area contributed by atoms with Crippen LogP contribution in [-0.2, 0) is 4.74 Å². The van der Waals surface area contributed by atoms with Gasteiger partial charge in [0.1, 0.15) is 12.4 Å². The maximum atomic E-state index is 10.8. The summed E-state index contributed by atoms with van der Waals surface area (Å²) in [5, 5.41) is 0. The molecule has 0 saturated heterocycles. The Labute approximate surface area is 110 Å². The first-order valence-corrected chi connectivity index (χ1v) is 6.52. The highest BCUT2D eigenvalue weighted by Crippen LogP contribution is 2.21. The van der Waals surface area contributed by atoms with E-state index in [0.717, 1.165) is 30.2 Å². The maximum absolute atomic E-state index is 10.8. The molecule has 1 aromatic rings. The molecular weight excluding hydrogens is 284 g/mol. The van der Waals surface area contributed by atoms with Gasteiger partial charge in [0.05, 0.1) is 12.2 Å². The van der Waals surface area contributed by atoms with Crippen molar-refractivity contribution in [2.75, 3.05) is 19.8 Å². The van der Waals surface area contributed by atoms with E-state index in [1.54, 1.807) is 12.1 Å². The zero-order chi connectivity index (χ0) is 12.5. The zero-order valence-electron chi connectivity index (χ0n) is 9.95. The van der Waals surface area contributed by atoms with Crippen LogP contribution in [0.1, 0.15) is 30.1 Å². The molecule has 1 aromatic carbocycles. The summed E-state index contributed by atoms with van der Waals surface area (Å²) in [5.41, 5.74) is 0.549. The van der Waals surface area contributed by atoms with Crippen molar-refractivity contribution in [3.8, 4) is 5.75 Å². The average molecular weight is 301 g/mol. The molecule has 3 nitrogen and oxygen atoms in total. The first-order chi connectivity index (χ1) is 8.27. The molecule has 0 amide bonds. The molecule has 17 heavy (non-hydrogen) atoms. The summed E-state index contributed by atoms with van der Waals surface area (Å²) in [6.45, 7) is 3.90. The zero-order valence-corrected chi connectivity index (χ0v) is 11.5. The third-order valence-electron chi connectivity index (χ3n) is 2.23. The second-order valence-corrected chi connectivity index (χ2v) is 4.53. The summed E-state index contributed by atoms with van der Waals surface area (Å²) in [5.74, 6) is 0.599. The van der Waals surface area contributed by atoms with Gasteiger partial charge in [-0.3, -0.25) is 4.79 Å². The van der Waals surface area contributed by atoms with Crippen LogP contribution in [0.25, 0.3) is 0 Å². The monoisotopic (exact) mass is 300 g/mol. The fourth-order valence-corrected chi connectivity index (χ4v) is 1.68. The summed E-state index contributed by atoms with van der Waals surface area (Å²) in [6, 6.07) is 5.36. The standard InChI is InChI=1S/C13H17BrO3/c1-2-3-6-16-7-8-17-13-5-4-12(14)9-11(13)10-15/h4-5,9-10H,2-3,6-8H2,1H3. The molecule has 0 aliphatic heterocycles. The van der Waals surface area contributed by atoms with Crippen molar-refractivity contribution < 1.29 is 14.3 Å². The molecule has 0 saturated carbocycles. The third-order valence-corrected chi connectivity index (χ3v) is 2.72. The highest BCUT2D eigenvalue weighted by atomic mass is 79.9. The van der Waals surface area contributed by atoms with E-state index in [-0.39, 0.29) is 0 Å². The molecule has 0 atom stereocenters. The molecular formula is C13H17BrO3. The minimum atomic E-state index is 0.464. The Balaban J connectivity index is 2.33. The summed E-state index contributed by atoms with van der Waals surface area (Å²) in [6.07, 6.45) is 2.98. The van der Waals surface area contributed by atoms with E-state index in [1.807, 2.05) is 6.07 Å². The summed E-state index contributed by atoms with van der Waals surface area (Å²) in [4.78, 5) is 10.8. The first-order valence-electron chi connectivity index (χ1n) is 5.73. The fourth-order valence-electron chi connectivity index (χ4n) is 1.30. The molecule has 0 N–H and O–H groups in total. The van der Waals surface area contributed by atoms with Crippen molar-refractivity contribution in [2.45, 2.75) is 19.8 Å². The number of hydrogen-bond donors (Lipinski definition) is 0. The van der Waals surface area contributed by atoms with Gasteiger partial charge in [0.2, 0.25) is 0 Å². The van der Waals surface area contributed by atoms with Crippen LogP contribution in [0.3, 0.4) is 0 Å². The lowest BCUT2D eigenvalue weighted by molar-refractivity contribution is 0.0969. The van der Waals surface area contributed by atoms with Gasteiger partial charge in [-0.15, -0.1) is 0 Å². The molecule has 0 bridgehead atoms. The van der Waals surface area contributed by atoms with Crippen LogP contribution in [0, 0.1) is 0 Å². The SMILES string of the molecule is CCCCOCCOc1ccc(Br)cc1C=O. The number of carbonyl (C=O) groups is 1. The van der Waals surface area contributed by atoms with Gasteiger partial charge in [-0.2, -0.15) is 0 Å². The highest BCUT2D eigenvalue weighted by molar-refractivity contribution is 9.10. The number of halogens is 1. The minimum Gasteiger partial charge on any atom is -0.490 e. The molecule has 0 fully saturated rings. The molecule has 0 spiro atoms. The van der Waals surface area contributed by atoms with Crippen molar-refractivity contribution in [3.05, 3.63) is 28.2 Å². The molecule has 94 valence electrons. The minimum absolute atomic E-state index is 0.464. The quantitative estimate of drug-likeness (QED) is 0.545. The van der Waals surface area contributed by atoms with E-state index in [0.29, 0.717) is 24.5 Å². The van der Waals surface area contributed by atoms with Gasteiger partial charge >= 0.3 is 0 Å². The number of rotatable bonds is 8.